The lowest BCUT2D eigenvalue weighted by Gasteiger charge is -2.21. The monoisotopic (exact) mass is 219 g/mol. The van der Waals surface area contributed by atoms with Crippen LogP contribution in [0.3, 0.4) is 0 Å². The fraction of sp³-hybridized carbons (Fsp3) is 0.538. The van der Waals surface area contributed by atoms with Gasteiger partial charge < -0.3 is 5.32 Å². The van der Waals surface area contributed by atoms with E-state index in [0.717, 1.165) is 13.1 Å². The Labute approximate surface area is 97.6 Å². The van der Waals surface area contributed by atoms with Crippen LogP contribution in [0.5, 0.6) is 0 Å². The molecular weight excluding hydrogens is 198 g/mol. The van der Waals surface area contributed by atoms with Gasteiger partial charge in [0.05, 0.1) is 6.04 Å². The number of hydrazine groups is 1. The third-order valence-corrected chi connectivity index (χ3v) is 3.33. The zero-order valence-electron chi connectivity index (χ0n) is 10.0. The van der Waals surface area contributed by atoms with Gasteiger partial charge >= 0.3 is 0 Å². The van der Waals surface area contributed by atoms with Crippen molar-refractivity contribution in [2.45, 2.75) is 25.9 Å². The van der Waals surface area contributed by atoms with Gasteiger partial charge in [-0.3, -0.25) is 5.43 Å². The summed E-state index contributed by atoms with van der Waals surface area (Å²) in [6.07, 6.45) is 0. The van der Waals surface area contributed by atoms with Crippen molar-refractivity contribution in [2.24, 2.45) is 5.92 Å². The highest BCUT2D eigenvalue weighted by molar-refractivity contribution is 5.21. The second-order valence-corrected chi connectivity index (χ2v) is 4.44. The fourth-order valence-electron chi connectivity index (χ4n) is 2.32. The minimum atomic E-state index is 0.412. The van der Waals surface area contributed by atoms with Crippen LogP contribution in [0.4, 0.5) is 0 Å². The van der Waals surface area contributed by atoms with Gasteiger partial charge in [0.1, 0.15) is 0 Å². The summed E-state index contributed by atoms with van der Waals surface area (Å²) in [6.45, 7) is 6.47. The Morgan fingerprint density at radius 1 is 1.19 bits per heavy atom. The second kappa shape index (κ2) is 5.43. The Bertz CT molecular complexity index is 312. The fourth-order valence-corrected chi connectivity index (χ4v) is 2.32. The Morgan fingerprint density at radius 3 is 2.62 bits per heavy atom. The van der Waals surface area contributed by atoms with E-state index >= 15 is 0 Å². The number of benzene rings is 1. The quantitative estimate of drug-likeness (QED) is 0.717. The SMILES string of the molecule is CCNCC1C(C)NNC1c1ccccc1. The molecule has 0 aliphatic carbocycles. The molecule has 1 aliphatic heterocycles. The van der Waals surface area contributed by atoms with Crippen LogP contribution in [0.2, 0.25) is 0 Å². The molecule has 3 N–H and O–H groups in total. The van der Waals surface area contributed by atoms with E-state index in [1.54, 1.807) is 0 Å². The average Bonchev–Trinajstić information content (AvgIpc) is 2.69. The van der Waals surface area contributed by atoms with Crippen LogP contribution in [0, 0.1) is 5.92 Å². The second-order valence-electron chi connectivity index (χ2n) is 4.44. The molecular formula is C13H21N3. The van der Waals surface area contributed by atoms with Crippen LogP contribution in [0.15, 0.2) is 30.3 Å². The zero-order chi connectivity index (χ0) is 11.4. The van der Waals surface area contributed by atoms with E-state index in [4.69, 9.17) is 0 Å². The third-order valence-electron chi connectivity index (χ3n) is 3.33. The summed E-state index contributed by atoms with van der Waals surface area (Å²) in [7, 11) is 0. The molecule has 88 valence electrons. The predicted octanol–water partition coefficient (Wildman–Crippen LogP) is 1.45. The standard InChI is InChI=1S/C13H21N3/c1-3-14-9-12-10(2)15-16-13(12)11-7-5-4-6-8-11/h4-8,10,12-16H,3,9H2,1-2H3. The smallest absolute Gasteiger partial charge is 0.0518 e. The lowest BCUT2D eigenvalue weighted by molar-refractivity contribution is 0.408. The van der Waals surface area contributed by atoms with E-state index in [1.807, 2.05) is 0 Å². The van der Waals surface area contributed by atoms with Gasteiger partial charge in [-0.25, -0.2) is 5.43 Å². The van der Waals surface area contributed by atoms with Gasteiger partial charge in [-0.1, -0.05) is 37.3 Å². The van der Waals surface area contributed by atoms with Gasteiger partial charge in [-0.05, 0) is 19.0 Å². The molecule has 3 heteroatoms. The highest BCUT2D eigenvalue weighted by Gasteiger charge is 2.33. The van der Waals surface area contributed by atoms with Crippen molar-refractivity contribution in [3.05, 3.63) is 35.9 Å². The lowest BCUT2D eigenvalue weighted by atomic mass is 9.90. The molecule has 1 saturated heterocycles. The lowest BCUT2D eigenvalue weighted by Crippen LogP contribution is -2.32. The van der Waals surface area contributed by atoms with Crippen molar-refractivity contribution in [3.8, 4) is 0 Å². The summed E-state index contributed by atoms with van der Waals surface area (Å²) in [5.74, 6) is 0.599. The van der Waals surface area contributed by atoms with Crippen molar-refractivity contribution in [3.63, 3.8) is 0 Å². The first-order chi connectivity index (χ1) is 7.83. The van der Waals surface area contributed by atoms with Crippen LogP contribution >= 0.6 is 0 Å². The molecule has 0 saturated carbocycles. The van der Waals surface area contributed by atoms with Crippen LogP contribution in [-0.2, 0) is 0 Å². The summed E-state index contributed by atoms with van der Waals surface area (Å²) in [6, 6.07) is 11.6. The maximum absolute atomic E-state index is 3.44. The van der Waals surface area contributed by atoms with E-state index in [1.165, 1.54) is 5.56 Å². The molecule has 16 heavy (non-hydrogen) atoms. The van der Waals surface area contributed by atoms with E-state index in [9.17, 15) is 0 Å². The van der Waals surface area contributed by atoms with E-state index in [0.29, 0.717) is 18.0 Å². The first-order valence-corrected chi connectivity index (χ1v) is 6.09. The van der Waals surface area contributed by atoms with Crippen molar-refractivity contribution in [1.82, 2.24) is 16.2 Å². The Kier molecular flexibility index (Phi) is 3.93. The summed E-state index contributed by atoms with van der Waals surface area (Å²) >= 11 is 0. The molecule has 3 nitrogen and oxygen atoms in total. The maximum atomic E-state index is 3.44. The maximum Gasteiger partial charge on any atom is 0.0518 e. The Hall–Kier alpha value is -0.900. The van der Waals surface area contributed by atoms with Gasteiger partial charge in [-0.15, -0.1) is 0 Å². The van der Waals surface area contributed by atoms with Crippen molar-refractivity contribution < 1.29 is 0 Å². The van der Waals surface area contributed by atoms with Crippen molar-refractivity contribution >= 4 is 0 Å². The molecule has 0 amide bonds. The molecule has 0 radical (unpaired) electrons. The predicted molar refractivity (Wildman–Crippen MR) is 67.0 cm³/mol. The zero-order valence-corrected chi connectivity index (χ0v) is 10.0. The van der Waals surface area contributed by atoms with Crippen molar-refractivity contribution in [2.75, 3.05) is 13.1 Å². The van der Waals surface area contributed by atoms with E-state index in [-0.39, 0.29) is 0 Å². The first-order valence-electron chi connectivity index (χ1n) is 6.09. The Balaban J connectivity index is 2.08. The summed E-state index contributed by atoms with van der Waals surface area (Å²) in [5.41, 5.74) is 8.09. The molecule has 3 unspecified atom stereocenters. The van der Waals surface area contributed by atoms with E-state index < -0.39 is 0 Å². The molecule has 0 bridgehead atoms. The van der Waals surface area contributed by atoms with Gasteiger partial charge in [0.15, 0.2) is 0 Å². The van der Waals surface area contributed by atoms with Gasteiger partial charge in [0.2, 0.25) is 0 Å². The van der Waals surface area contributed by atoms with Crippen LogP contribution < -0.4 is 16.2 Å². The van der Waals surface area contributed by atoms with Crippen LogP contribution in [0.1, 0.15) is 25.5 Å². The van der Waals surface area contributed by atoms with Crippen LogP contribution in [-0.4, -0.2) is 19.1 Å². The van der Waals surface area contributed by atoms with Gasteiger partial charge in [0, 0.05) is 18.5 Å². The molecule has 1 heterocycles. The number of hydrogen-bond acceptors (Lipinski definition) is 3. The topological polar surface area (TPSA) is 36.1 Å². The molecule has 1 aromatic rings. The molecule has 0 aromatic heterocycles. The van der Waals surface area contributed by atoms with Crippen LogP contribution in [0.25, 0.3) is 0 Å². The average molecular weight is 219 g/mol. The number of rotatable bonds is 4. The molecule has 1 aromatic carbocycles. The molecule has 1 aliphatic rings. The molecule has 2 rings (SSSR count). The molecule has 0 spiro atoms. The highest BCUT2D eigenvalue weighted by Crippen LogP contribution is 2.27. The van der Waals surface area contributed by atoms with Gasteiger partial charge in [0.25, 0.3) is 0 Å². The minimum absolute atomic E-state index is 0.412. The highest BCUT2D eigenvalue weighted by atomic mass is 15.4. The summed E-state index contributed by atoms with van der Waals surface area (Å²) < 4.78 is 0. The largest absolute Gasteiger partial charge is 0.317 e. The van der Waals surface area contributed by atoms with E-state index in [2.05, 4.69) is 60.3 Å². The molecule has 1 fully saturated rings. The number of hydrogen-bond donors (Lipinski definition) is 3. The summed E-state index contributed by atoms with van der Waals surface area (Å²) in [4.78, 5) is 0. The third kappa shape index (κ3) is 2.43. The Morgan fingerprint density at radius 2 is 1.94 bits per heavy atom. The normalized spacial score (nSPS) is 29.5. The minimum Gasteiger partial charge on any atom is -0.317 e. The van der Waals surface area contributed by atoms with Crippen molar-refractivity contribution in [1.29, 1.82) is 0 Å². The van der Waals surface area contributed by atoms with Gasteiger partial charge in [-0.2, -0.15) is 0 Å². The number of nitrogens with one attached hydrogen (secondary N) is 3. The molecule has 3 atom stereocenters. The summed E-state index contributed by atoms with van der Waals surface area (Å²) in [5, 5.41) is 3.44. The first kappa shape index (κ1) is 11.6.